The highest BCUT2D eigenvalue weighted by Gasteiger charge is 2.31. The van der Waals surface area contributed by atoms with Crippen LogP contribution in [0, 0.1) is 0 Å². The summed E-state index contributed by atoms with van der Waals surface area (Å²) in [5, 5.41) is 4.89. The Hall–Kier alpha value is -1.32. The van der Waals surface area contributed by atoms with Gasteiger partial charge in [-0.15, -0.1) is 0 Å². The maximum atomic E-state index is 6.00. The lowest BCUT2D eigenvalue weighted by Crippen LogP contribution is -2.44. The summed E-state index contributed by atoms with van der Waals surface area (Å²) in [7, 11) is 0. The quantitative estimate of drug-likeness (QED) is 0.910. The first-order chi connectivity index (χ1) is 10.4. The van der Waals surface area contributed by atoms with Gasteiger partial charge in [-0.2, -0.15) is 0 Å². The van der Waals surface area contributed by atoms with Gasteiger partial charge in [-0.05, 0) is 44.4 Å². The van der Waals surface area contributed by atoms with Crippen molar-refractivity contribution in [2.24, 2.45) is 0 Å². The Balaban J connectivity index is 1.46. The zero-order valence-corrected chi connectivity index (χ0v) is 12.6. The van der Waals surface area contributed by atoms with Gasteiger partial charge in [-0.1, -0.05) is 24.6 Å². The second kappa shape index (κ2) is 5.82. The van der Waals surface area contributed by atoms with E-state index in [1.54, 1.807) is 0 Å². The molecule has 3 heteroatoms. The van der Waals surface area contributed by atoms with Crippen molar-refractivity contribution >= 4 is 11.0 Å². The number of piperidine rings is 1. The Bertz CT molecular complexity index is 563. The van der Waals surface area contributed by atoms with Crippen LogP contribution in [0.2, 0.25) is 0 Å². The Morgan fingerprint density at radius 2 is 2.05 bits per heavy atom. The van der Waals surface area contributed by atoms with Crippen molar-refractivity contribution in [2.45, 2.75) is 50.7 Å². The van der Waals surface area contributed by atoms with Gasteiger partial charge in [0.2, 0.25) is 0 Å². The number of benzene rings is 1. The maximum Gasteiger partial charge on any atom is 0.134 e. The predicted molar refractivity (Wildman–Crippen MR) is 85.3 cm³/mol. The van der Waals surface area contributed by atoms with E-state index in [4.69, 9.17) is 4.42 Å². The van der Waals surface area contributed by atoms with Gasteiger partial charge in [0.1, 0.15) is 11.3 Å². The number of hydrogen-bond donors (Lipinski definition) is 1. The molecule has 1 aromatic carbocycles. The van der Waals surface area contributed by atoms with Crippen LogP contribution in [0.25, 0.3) is 11.0 Å². The highest BCUT2D eigenvalue weighted by Crippen LogP contribution is 2.30. The summed E-state index contributed by atoms with van der Waals surface area (Å²) in [6, 6.07) is 12.0. The smallest absolute Gasteiger partial charge is 0.134 e. The highest BCUT2D eigenvalue weighted by molar-refractivity contribution is 5.77. The standard InChI is InChI=1S/C18H24N2O/c1-2-7-18-14(5-1)11-17(21-18)13-20(16-8-9-16)12-15-6-3-4-10-19-15/h1-2,5,7,11,15-16,19H,3-4,6,8-10,12-13H2. The third kappa shape index (κ3) is 3.14. The van der Waals surface area contributed by atoms with Crippen molar-refractivity contribution in [3.05, 3.63) is 36.1 Å². The molecular weight excluding hydrogens is 260 g/mol. The first-order valence-electron chi connectivity index (χ1n) is 8.33. The molecule has 2 aliphatic rings. The summed E-state index contributed by atoms with van der Waals surface area (Å²) in [6.07, 6.45) is 6.74. The van der Waals surface area contributed by atoms with E-state index < -0.39 is 0 Å². The van der Waals surface area contributed by atoms with Crippen LogP contribution < -0.4 is 5.32 Å². The molecule has 2 fully saturated rings. The molecule has 1 unspecified atom stereocenters. The third-order valence-corrected chi connectivity index (χ3v) is 4.77. The van der Waals surface area contributed by atoms with E-state index in [-0.39, 0.29) is 0 Å². The summed E-state index contributed by atoms with van der Waals surface area (Å²) in [6.45, 7) is 3.31. The number of furan rings is 1. The minimum atomic E-state index is 0.670. The SMILES string of the molecule is c1ccc2oc(CN(CC3CCCCN3)C3CC3)cc2c1. The van der Waals surface area contributed by atoms with Gasteiger partial charge in [0.25, 0.3) is 0 Å². The van der Waals surface area contributed by atoms with E-state index >= 15 is 0 Å². The Morgan fingerprint density at radius 3 is 2.81 bits per heavy atom. The predicted octanol–water partition coefficient (Wildman–Crippen LogP) is 3.54. The largest absolute Gasteiger partial charge is 0.460 e. The van der Waals surface area contributed by atoms with Crippen LogP contribution in [0.15, 0.2) is 34.7 Å². The van der Waals surface area contributed by atoms with Crippen molar-refractivity contribution in [3.8, 4) is 0 Å². The van der Waals surface area contributed by atoms with Gasteiger partial charge in [0.15, 0.2) is 0 Å². The fourth-order valence-corrected chi connectivity index (χ4v) is 3.46. The van der Waals surface area contributed by atoms with Crippen LogP contribution in [-0.2, 0) is 6.54 Å². The number of rotatable bonds is 5. The molecule has 0 bridgehead atoms. The molecule has 21 heavy (non-hydrogen) atoms. The maximum absolute atomic E-state index is 6.00. The number of nitrogens with one attached hydrogen (secondary N) is 1. The number of fused-ring (bicyclic) bond motifs is 1. The molecule has 1 aliphatic carbocycles. The van der Waals surface area contributed by atoms with Gasteiger partial charge in [0.05, 0.1) is 6.54 Å². The van der Waals surface area contributed by atoms with Crippen LogP contribution in [0.1, 0.15) is 37.9 Å². The van der Waals surface area contributed by atoms with E-state index in [0.717, 1.165) is 23.9 Å². The monoisotopic (exact) mass is 284 g/mol. The van der Waals surface area contributed by atoms with E-state index in [0.29, 0.717) is 6.04 Å². The second-order valence-electron chi connectivity index (χ2n) is 6.56. The lowest BCUT2D eigenvalue weighted by Gasteiger charge is -2.30. The molecule has 1 saturated carbocycles. The van der Waals surface area contributed by atoms with E-state index in [9.17, 15) is 0 Å². The molecule has 4 rings (SSSR count). The van der Waals surface area contributed by atoms with Gasteiger partial charge in [0, 0.05) is 24.0 Å². The first kappa shape index (κ1) is 13.4. The molecule has 3 nitrogen and oxygen atoms in total. The minimum Gasteiger partial charge on any atom is -0.460 e. The average molecular weight is 284 g/mol. The van der Waals surface area contributed by atoms with Gasteiger partial charge in [-0.3, -0.25) is 4.90 Å². The zero-order chi connectivity index (χ0) is 14.1. The van der Waals surface area contributed by atoms with Crippen LogP contribution in [0.5, 0.6) is 0 Å². The summed E-state index contributed by atoms with van der Waals surface area (Å²) in [5.74, 6) is 1.11. The van der Waals surface area contributed by atoms with Crippen LogP contribution in [0.4, 0.5) is 0 Å². The highest BCUT2D eigenvalue weighted by atomic mass is 16.3. The Labute approximate surface area is 126 Å². The molecule has 0 spiro atoms. The van der Waals surface area contributed by atoms with Crippen molar-refractivity contribution in [1.29, 1.82) is 0 Å². The summed E-state index contributed by atoms with van der Waals surface area (Å²) >= 11 is 0. The normalized spacial score (nSPS) is 23.0. The van der Waals surface area contributed by atoms with Crippen LogP contribution >= 0.6 is 0 Å². The van der Waals surface area contributed by atoms with Gasteiger partial charge < -0.3 is 9.73 Å². The molecule has 1 atom stereocenters. The fourth-order valence-electron chi connectivity index (χ4n) is 3.46. The van der Waals surface area contributed by atoms with E-state index in [1.165, 1.54) is 50.6 Å². The van der Waals surface area contributed by atoms with Crippen molar-refractivity contribution in [3.63, 3.8) is 0 Å². The number of para-hydroxylation sites is 1. The van der Waals surface area contributed by atoms with Crippen molar-refractivity contribution in [2.75, 3.05) is 13.1 Å². The molecule has 2 heterocycles. The van der Waals surface area contributed by atoms with Gasteiger partial charge in [-0.25, -0.2) is 0 Å². The van der Waals surface area contributed by atoms with Gasteiger partial charge >= 0.3 is 0 Å². The molecule has 0 radical (unpaired) electrons. The first-order valence-corrected chi connectivity index (χ1v) is 8.33. The summed E-state index contributed by atoms with van der Waals surface area (Å²) < 4.78 is 6.00. The molecule has 2 aromatic rings. The minimum absolute atomic E-state index is 0.670. The zero-order valence-electron chi connectivity index (χ0n) is 12.6. The van der Waals surface area contributed by atoms with Crippen molar-refractivity contribution < 1.29 is 4.42 Å². The molecule has 1 aliphatic heterocycles. The van der Waals surface area contributed by atoms with Crippen LogP contribution in [-0.4, -0.2) is 30.1 Å². The van der Waals surface area contributed by atoms with Crippen LogP contribution in [0.3, 0.4) is 0 Å². The average Bonchev–Trinajstić information content (AvgIpc) is 3.28. The molecular formula is C18H24N2O. The lowest BCUT2D eigenvalue weighted by atomic mass is 10.0. The summed E-state index contributed by atoms with van der Waals surface area (Å²) in [4.78, 5) is 2.63. The molecule has 1 saturated heterocycles. The number of hydrogen-bond acceptors (Lipinski definition) is 3. The fraction of sp³-hybridized carbons (Fsp3) is 0.556. The lowest BCUT2D eigenvalue weighted by molar-refractivity contribution is 0.196. The molecule has 1 N–H and O–H groups in total. The van der Waals surface area contributed by atoms with E-state index in [2.05, 4.69) is 34.5 Å². The third-order valence-electron chi connectivity index (χ3n) is 4.77. The van der Waals surface area contributed by atoms with Crippen molar-refractivity contribution in [1.82, 2.24) is 10.2 Å². The number of nitrogens with zero attached hydrogens (tertiary/aromatic N) is 1. The Kier molecular flexibility index (Phi) is 3.70. The molecule has 112 valence electrons. The topological polar surface area (TPSA) is 28.4 Å². The van der Waals surface area contributed by atoms with E-state index in [1.807, 2.05) is 6.07 Å². The molecule has 0 amide bonds. The summed E-state index contributed by atoms with van der Waals surface area (Å²) in [5.41, 5.74) is 1.01. The second-order valence-corrected chi connectivity index (χ2v) is 6.56. The Morgan fingerprint density at radius 1 is 1.14 bits per heavy atom. The molecule has 1 aromatic heterocycles.